The van der Waals surface area contributed by atoms with E-state index in [1.807, 2.05) is 31.2 Å². The van der Waals surface area contributed by atoms with E-state index in [1.54, 1.807) is 0 Å². The molecule has 6 heteroatoms. The van der Waals surface area contributed by atoms with Gasteiger partial charge >= 0.3 is 0 Å². The predicted octanol–water partition coefficient (Wildman–Crippen LogP) is 5.93. The van der Waals surface area contributed by atoms with Crippen molar-refractivity contribution in [3.63, 3.8) is 0 Å². The normalized spacial score (nSPS) is 15.8. The second-order valence-electron chi connectivity index (χ2n) is 7.95. The number of hydrogen-bond donors (Lipinski definition) is 1. The first kappa shape index (κ1) is 21.5. The molecule has 0 saturated heterocycles. The molecular formula is C25H28F2N2O2. The highest BCUT2D eigenvalue weighted by Crippen LogP contribution is 2.36. The predicted molar refractivity (Wildman–Crippen MR) is 115 cm³/mol. The number of halogens is 2. The number of benzene rings is 2. The maximum absolute atomic E-state index is 13.4. The van der Waals surface area contributed by atoms with Gasteiger partial charge in [0.2, 0.25) is 0 Å². The lowest BCUT2D eigenvalue weighted by atomic mass is 9.87. The van der Waals surface area contributed by atoms with E-state index < -0.39 is 0 Å². The van der Waals surface area contributed by atoms with Gasteiger partial charge in [-0.25, -0.2) is 8.78 Å². The zero-order chi connectivity index (χ0) is 21.6. The Bertz CT molecular complexity index is 925. The maximum atomic E-state index is 13.4. The highest BCUT2D eigenvalue weighted by Gasteiger charge is 2.29. The number of nitrogens with zero attached hydrogens (tertiary/aromatic N) is 1. The van der Waals surface area contributed by atoms with Gasteiger partial charge in [-0.2, -0.15) is 0 Å². The van der Waals surface area contributed by atoms with Crippen molar-refractivity contribution < 1.29 is 18.0 Å². The molecule has 4 nitrogen and oxygen atoms in total. The van der Waals surface area contributed by atoms with E-state index >= 15 is 0 Å². The molecule has 1 atom stereocenters. The zero-order valence-electron chi connectivity index (χ0n) is 17.7. The van der Waals surface area contributed by atoms with Crippen LogP contribution in [-0.4, -0.2) is 18.3 Å². The molecule has 0 fully saturated rings. The summed E-state index contributed by atoms with van der Waals surface area (Å²) in [5, 5.41) is 7.73. The van der Waals surface area contributed by atoms with Gasteiger partial charge in [0.1, 0.15) is 17.4 Å². The minimum atomic E-state index is -0.254. The summed E-state index contributed by atoms with van der Waals surface area (Å²) in [4.78, 5) is 0. The Morgan fingerprint density at radius 3 is 2.32 bits per heavy atom. The number of hydrogen-bond acceptors (Lipinski definition) is 4. The highest BCUT2D eigenvalue weighted by atomic mass is 19.1. The Labute approximate surface area is 181 Å². The van der Waals surface area contributed by atoms with Crippen LogP contribution >= 0.6 is 0 Å². The van der Waals surface area contributed by atoms with Gasteiger partial charge in [0.05, 0.1) is 12.2 Å². The first-order valence-electron chi connectivity index (χ1n) is 11.0. The van der Waals surface area contributed by atoms with E-state index in [1.165, 1.54) is 24.3 Å². The molecule has 164 valence electrons. The van der Waals surface area contributed by atoms with Crippen LogP contribution in [0.1, 0.15) is 67.0 Å². The Hall–Kier alpha value is -2.73. The van der Waals surface area contributed by atoms with Crippen molar-refractivity contribution >= 4 is 0 Å². The fourth-order valence-electron chi connectivity index (χ4n) is 4.39. The molecule has 1 N–H and O–H groups in total. The summed E-state index contributed by atoms with van der Waals surface area (Å²) < 4.78 is 38.0. The number of rotatable bonds is 9. The van der Waals surface area contributed by atoms with Crippen molar-refractivity contribution in [2.75, 3.05) is 13.2 Å². The average molecular weight is 427 g/mol. The van der Waals surface area contributed by atoms with Crippen molar-refractivity contribution in [1.29, 1.82) is 0 Å². The first-order valence-corrected chi connectivity index (χ1v) is 11.0. The molecule has 31 heavy (non-hydrogen) atoms. The largest absolute Gasteiger partial charge is 0.476 e. The summed E-state index contributed by atoms with van der Waals surface area (Å²) in [7, 11) is 0. The molecule has 0 aliphatic heterocycles. The van der Waals surface area contributed by atoms with Gasteiger partial charge in [-0.05, 0) is 79.7 Å². The lowest BCUT2D eigenvalue weighted by Crippen LogP contribution is -2.26. The van der Waals surface area contributed by atoms with Crippen LogP contribution in [-0.2, 0) is 6.42 Å². The van der Waals surface area contributed by atoms with E-state index in [-0.39, 0.29) is 23.6 Å². The smallest absolute Gasteiger partial charge is 0.259 e. The molecular weight excluding hydrogens is 398 g/mol. The Balaban J connectivity index is 1.41. The van der Waals surface area contributed by atoms with Crippen molar-refractivity contribution in [2.45, 2.75) is 51.0 Å². The molecule has 0 saturated carbocycles. The lowest BCUT2D eigenvalue weighted by molar-refractivity contribution is 0.289. The second kappa shape index (κ2) is 10.1. The molecule has 0 amide bonds. The molecule has 0 bridgehead atoms. The van der Waals surface area contributed by atoms with Gasteiger partial charge in [-0.3, -0.25) is 0 Å². The van der Waals surface area contributed by atoms with Gasteiger partial charge in [0.25, 0.3) is 5.88 Å². The van der Waals surface area contributed by atoms with Gasteiger partial charge < -0.3 is 14.6 Å². The Kier molecular flexibility index (Phi) is 6.97. The summed E-state index contributed by atoms with van der Waals surface area (Å²) in [5.74, 6) is 1.10. The molecule has 0 radical (unpaired) electrons. The molecule has 0 spiro atoms. The molecule has 4 rings (SSSR count). The van der Waals surface area contributed by atoms with Crippen LogP contribution in [0.3, 0.4) is 0 Å². The fourth-order valence-corrected chi connectivity index (χ4v) is 4.39. The van der Waals surface area contributed by atoms with Gasteiger partial charge in [0.15, 0.2) is 0 Å². The molecule has 0 unspecified atom stereocenters. The number of aromatic nitrogens is 1. The van der Waals surface area contributed by atoms with Crippen LogP contribution in [0, 0.1) is 11.6 Å². The molecule has 3 aromatic rings. The first-order chi connectivity index (χ1) is 15.2. The molecule has 2 aromatic carbocycles. The number of aryl methyl sites for hydroxylation is 1. The van der Waals surface area contributed by atoms with Crippen LogP contribution in [0.15, 0.2) is 53.1 Å². The topological polar surface area (TPSA) is 47.3 Å². The van der Waals surface area contributed by atoms with E-state index in [0.717, 1.165) is 61.1 Å². The Morgan fingerprint density at radius 1 is 1.06 bits per heavy atom. The van der Waals surface area contributed by atoms with Crippen molar-refractivity contribution in [3.05, 3.63) is 82.6 Å². The lowest BCUT2D eigenvalue weighted by Gasteiger charge is -2.24. The van der Waals surface area contributed by atoms with Crippen LogP contribution < -0.4 is 10.1 Å². The third-order valence-corrected chi connectivity index (χ3v) is 5.90. The quantitative estimate of drug-likeness (QED) is 0.431. The second-order valence-corrected chi connectivity index (χ2v) is 7.95. The zero-order valence-corrected chi connectivity index (χ0v) is 17.7. The third-order valence-electron chi connectivity index (χ3n) is 5.90. The standard InChI is InChI=1S/C25H28F2N2O2/c1-2-30-25-24-22(6-3-7-23(24)31-29-25)28-16-4-5-21(17-8-12-19(26)13-9-17)18-10-14-20(27)15-11-18/h8-15,21-22,28H,2-7,16H2,1H3/t22-/m1/s1. The van der Waals surface area contributed by atoms with E-state index in [2.05, 4.69) is 10.5 Å². The minimum Gasteiger partial charge on any atom is -0.476 e. The maximum Gasteiger partial charge on any atom is 0.259 e. The highest BCUT2D eigenvalue weighted by molar-refractivity contribution is 5.34. The molecule has 1 heterocycles. The van der Waals surface area contributed by atoms with Crippen LogP contribution in [0.2, 0.25) is 0 Å². The van der Waals surface area contributed by atoms with Gasteiger partial charge in [-0.15, -0.1) is 0 Å². The molecule has 1 aliphatic carbocycles. The van der Waals surface area contributed by atoms with Gasteiger partial charge in [-0.1, -0.05) is 24.3 Å². The number of nitrogens with one attached hydrogen (secondary N) is 1. The number of ether oxygens (including phenoxy) is 1. The summed E-state index contributed by atoms with van der Waals surface area (Å²) in [5.41, 5.74) is 3.12. The molecule has 1 aromatic heterocycles. The fraction of sp³-hybridized carbons (Fsp3) is 0.400. The third kappa shape index (κ3) is 5.13. The summed E-state index contributed by atoms with van der Waals surface area (Å²) in [6.45, 7) is 3.32. The van der Waals surface area contributed by atoms with Crippen LogP contribution in [0.25, 0.3) is 0 Å². The van der Waals surface area contributed by atoms with Crippen LogP contribution in [0.5, 0.6) is 5.88 Å². The van der Waals surface area contributed by atoms with Crippen molar-refractivity contribution in [2.24, 2.45) is 0 Å². The minimum absolute atomic E-state index is 0.0829. The molecule has 1 aliphatic rings. The van der Waals surface area contributed by atoms with E-state index in [9.17, 15) is 8.78 Å². The average Bonchev–Trinajstić information content (AvgIpc) is 3.20. The summed E-state index contributed by atoms with van der Waals surface area (Å²) >= 11 is 0. The SMILES string of the molecule is CCOc1noc2c1[C@H](NCCCC(c1ccc(F)cc1)c1ccc(F)cc1)CCC2. The monoisotopic (exact) mass is 426 g/mol. The summed E-state index contributed by atoms with van der Waals surface area (Å²) in [6.07, 6.45) is 4.75. The number of fused-ring (bicyclic) bond motifs is 1. The van der Waals surface area contributed by atoms with Gasteiger partial charge in [0, 0.05) is 18.4 Å². The van der Waals surface area contributed by atoms with E-state index in [0.29, 0.717) is 12.5 Å². The van der Waals surface area contributed by atoms with E-state index in [4.69, 9.17) is 9.26 Å². The Morgan fingerprint density at radius 2 is 1.71 bits per heavy atom. The van der Waals surface area contributed by atoms with Crippen molar-refractivity contribution in [3.8, 4) is 5.88 Å². The van der Waals surface area contributed by atoms with Crippen LogP contribution in [0.4, 0.5) is 8.78 Å². The summed E-state index contributed by atoms with van der Waals surface area (Å²) in [6, 6.07) is 13.4. The van der Waals surface area contributed by atoms with Crippen molar-refractivity contribution in [1.82, 2.24) is 10.5 Å².